The standard InChI is InChI=1S/C16H14N2O4/c1-10-8-11(2)17-16(20)15(10)14(19)7-6-12-4-3-5-13(9-12)18(21)22/h3-9H,1-2H3,(H,17,20)/b7-6+. The van der Waals surface area contributed by atoms with E-state index in [1.807, 2.05) is 0 Å². The number of non-ortho nitro benzene ring substituents is 1. The number of aromatic nitrogens is 1. The fourth-order valence-electron chi connectivity index (χ4n) is 2.16. The van der Waals surface area contributed by atoms with E-state index in [0.717, 1.165) is 0 Å². The topological polar surface area (TPSA) is 93.1 Å². The molecule has 0 aliphatic carbocycles. The van der Waals surface area contributed by atoms with Crippen LogP contribution in [-0.4, -0.2) is 15.7 Å². The number of hydrogen-bond donors (Lipinski definition) is 1. The molecule has 0 fully saturated rings. The van der Waals surface area contributed by atoms with Gasteiger partial charge in [0.25, 0.3) is 11.2 Å². The normalized spacial score (nSPS) is 10.8. The molecule has 22 heavy (non-hydrogen) atoms. The van der Waals surface area contributed by atoms with Gasteiger partial charge in [0, 0.05) is 17.8 Å². The first kappa shape index (κ1) is 15.4. The van der Waals surface area contributed by atoms with Crippen molar-refractivity contribution >= 4 is 17.5 Å². The minimum Gasteiger partial charge on any atom is -0.326 e. The molecule has 1 aromatic heterocycles. The number of allylic oxidation sites excluding steroid dienone is 1. The third kappa shape index (κ3) is 3.35. The van der Waals surface area contributed by atoms with Crippen LogP contribution in [0, 0.1) is 24.0 Å². The summed E-state index contributed by atoms with van der Waals surface area (Å²) in [6.07, 6.45) is 2.69. The van der Waals surface area contributed by atoms with Gasteiger partial charge in [-0.3, -0.25) is 19.7 Å². The van der Waals surface area contributed by atoms with Gasteiger partial charge in [-0.15, -0.1) is 0 Å². The summed E-state index contributed by atoms with van der Waals surface area (Å²) < 4.78 is 0. The van der Waals surface area contributed by atoms with E-state index >= 15 is 0 Å². The third-order valence-corrected chi connectivity index (χ3v) is 3.12. The number of nitro groups is 1. The van der Waals surface area contributed by atoms with Crippen LogP contribution in [0.2, 0.25) is 0 Å². The number of nitro benzene ring substituents is 1. The van der Waals surface area contributed by atoms with Crippen LogP contribution >= 0.6 is 0 Å². The predicted octanol–water partition coefficient (Wildman–Crippen LogP) is 2.80. The zero-order valence-electron chi connectivity index (χ0n) is 12.1. The number of H-pyrrole nitrogens is 1. The van der Waals surface area contributed by atoms with Crippen molar-refractivity contribution in [1.29, 1.82) is 0 Å². The Morgan fingerprint density at radius 2 is 2.00 bits per heavy atom. The summed E-state index contributed by atoms with van der Waals surface area (Å²) in [5.74, 6) is -0.440. The average molecular weight is 298 g/mol. The number of aryl methyl sites for hydroxylation is 2. The Morgan fingerprint density at radius 1 is 1.27 bits per heavy atom. The summed E-state index contributed by atoms with van der Waals surface area (Å²) in [7, 11) is 0. The Morgan fingerprint density at radius 3 is 2.64 bits per heavy atom. The predicted molar refractivity (Wildman–Crippen MR) is 83.0 cm³/mol. The maximum Gasteiger partial charge on any atom is 0.270 e. The largest absolute Gasteiger partial charge is 0.326 e. The van der Waals surface area contributed by atoms with Gasteiger partial charge < -0.3 is 4.98 Å². The Balaban J connectivity index is 2.31. The molecule has 2 aromatic rings. The van der Waals surface area contributed by atoms with E-state index in [9.17, 15) is 19.7 Å². The van der Waals surface area contributed by atoms with E-state index in [4.69, 9.17) is 0 Å². The summed E-state index contributed by atoms with van der Waals surface area (Å²) in [5.41, 5.74) is 1.37. The first-order valence-corrected chi connectivity index (χ1v) is 6.56. The van der Waals surface area contributed by atoms with Crippen LogP contribution in [0.25, 0.3) is 6.08 Å². The van der Waals surface area contributed by atoms with Crippen molar-refractivity contribution in [3.8, 4) is 0 Å². The quantitative estimate of drug-likeness (QED) is 0.406. The Kier molecular flexibility index (Phi) is 4.31. The van der Waals surface area contributed by atoms with Crippen molar-refractivity contribution in [2.24, 2.45) is 0 Å². The second-order valence-corrected chi connectivity index (χ2v) is 4.89. The number of pyridine rings is 1. The zero-order chi connectivity index (χ0) is 16.3. The minimum absolute atomic E-state index is 0.0565. The number of benzene rings is 1. The van der Waals surface area contributed by atoms with Gasteiger partial charge in [-0.1, -0.05) is 18.2 Å². The van der Waals surface area contributed by atoms with Crippen LogP contribution in [0.4, 0.5) is 5.69 Å². The number of carbonyl (C=O) groups excluding carboxylic acids is 1. The SMILES string of the molecule is Cc1cc(C)c(C(=O)/C=C/c2cccc([N+](=O)[O-])c2)c(=O)[nH]1. The molecule has 0 atom stereocenters. The van der Waals surface area contributed by atoms with E-state index < -0.39 is 16.3 Å². The molecule has 112 valence electrons. The summed E-state index contributed by atoms with van der Waals surface area (Å²) in [6, 6.07) is 7.62. The fourth-order valence-corrected chi connectivity index (χ4v) is 2.16. The van der Waals surface area contributed by atoms with Gasteiger partial charge in [0.15, 0.2) is 5.78 Å². The van der Waals surface area contributed by atoms with Crippen LogP contribution in [0.15, 0.2) is 41.2 Å². The minimum atomic E-state index is -0.506. The summed E-state index contributed by atoms with van der Waals surface area (Å²) in [6.45, 7) is 3.43. The van der Waals surface area contributed by atoms with E-state index in [-0.39, 0.29) is 11.3 Å². The highest BCUT2D eigenvalue weighted by Gasteiger charge is 2.11. The first-order valence-electron chi connectivity index (χ1n) is 6.56. The summed E-state index contributed by atoms with van der Waals surface area (Å²) in [4.78, 5) is 36.8. The maximum absolute atomic E-state index is 12.1. The number of nitrogens with one attached hydrogen (secondary N) is 1. The molecule has 0 aliphatic rings. The second-order valence-electron chi connectivity index (χ2n) is 4.89. The van der Waals surface area contributed by atoms with Crippen molar-refractivity contribution in [1.82, 2.24) is 4.98 Å². The van der Waals surface area contributed by atoms with Gasteiger partial charge in [-0.05, 0) is 37.1 Å². The lowest BCUT2D eigenvalue weighted by molar-refractivity contribution is -0.384. The van der Waals surface area contributed by atoms with Gasteiger partial charge >= 0.3 is 0 Å². The van der Waals surface area contributed by atoms with Crippen LogP contribution in [0.3, 0.4) is 0 Å². The third-order valence-electron chi connectivity index (χ3n) is 3.12. The molecular formula is C16H14N2O4. The molecule has 0 aliphatic heterocycles. The van der Waals surface area contributed by atoms with Crippen molar-refractivity contribution in [2.75, 3.05) is 0 Å². The second kappa shape index (κ2) is 6.17. The van der Waals surface area contributed by atoms with Crippen LogP contribution in [-0.2, 0) is 0 Å². The molecule has 0 amide bonds. The van der Waals surface area contributed by atoms with Crippen LogP contribution in [0.1, 0.15) is 27.2 Å². The molecular weight excluding hydrogens is 284 g/mol. The molecule has 1 N–H and O–H groups in total. The Hall–Kier alpha value is -3.02. The van der Waals surface area contributed by atoms with Crippen LogP contribution in [0.5, 0.6) is 0 Å². The van der Waals surface area contributed by atoms with Gasteiger partial charge in [0.2, 0.25) is 0 Å². The Bertz CT molecular complexity index is 834. The molecule has 0 saturated carbocycles. The lowest BCUT2D eigenvalue weighted by Gasteiger charge is -2.02. The molecule has 1 aromatic carbocycles. The molecule has 0 saturated heterocycles. The summed E-state index contributed by atoms with van der Waals surface area (Å²) >= 11 is 0. The van der Waals surface area contributed by atoms with Gasteiger partial charge in [-0.2, -0.15) is 0 Å². The molecule has 0 unspecified atom stereocenters. The van der Waals surface area contributed by atoms with E-state index in [2.05, 4.69) is 4.98 Å². The smallest absolute Gasteiger partial charge is 0.270 e. The van der Waals surface area contributed by atoms with E-state index in [1.54, 1.807) is 26.0 Å². The highest BCUT2D eigenvalue weighted by molar-refractivity contribution is 6.07. The van der Waals surface area contributed by atoms with E-state index in [1.165, 1.54) is 30.4 Å². The van der Waals surface area contributed by atoms with Crippen molar-refractivity contribution in [3.05, 3.63) is 79.3 Å². The van der Waals surface area contributed by atoms with E-state index in [0.29, 0.717) is 16.8 Å². The number of ketones is 1. The van der Waals surface area contributed by atoms with Gasteiger partial charge in [0.05, 0.1) is 10.5 Å². The average Bonchev–Trinajstić information content (AvgIpc) is 2.44. The van der Waals surface area contributed by atoms with Gasteiger partial charge in [0.1, 0.15) is 0 Å². The molecule has 6 heteroatoms. The van der Waals surface area contributed by atoms with Gasteiger partial charge in [-0.25, -0.2) is 0 Å². The molecule has 0 spiro atoms. The number of carbonyl (C=O) groups is 1. The molecule has 1 heterocycles. The van der Waals surface area contributed by atoms with Crippen molar-refractivity contribution in [3.63, 3.8) is 0 Å². The monoisotopic (exact) mass is 298 g/mol. The number of rotatable bonds is 4. The maximum atomic E-state index is 12.1. The van der Waals surface area contributed by atoms with Crippen molar-refractivity contribution < 1.29 is 9.72 Å². The highest BCUT2D eigenvalue weighted by atomic mass is 16.6. The first-order chi connectivity index (χ1) is 10.4. The number of aromatic amines is 1. The molecule has 0 radical (unpaired) electrons. The lowest BCUT2D eigenvalue weighted by Crippen LogP contribution is -2.19. The molecule has 6 nitrogen and oxygen atoms in total. The summed E-state index contributed by atoms with van der Waals surface area (Å²) in [5, 5.41) is 10.7. The lowest BCUT2D eigenvalue weighted by atomic mass is 10.0. The van der Waals surface area contributed by atoms with Crippen molar-refractivity contribution in [2.45, 2.75) is 13.8 Å². The Labute approximate surface area is 126 Å². The number of hydrogen-bond acceptors (Lipinski definition) is 4. The fraction of sp³-hybridized carbons (Fsp3) is 0.125. The molecule has 0 bridgehead atoms. The highest BCUT2D eigenvalue weighted by Crippen LogP contribution is 2.14. The zero-order valence-corrected chi connectivity index (χ0v) is 12.1. The molecule has 2 rings (SSSR count). The number of nitrogens with zero attached hydrogens (tertiary/aromatic N) is 1. The van der Waals surface area contributed by atoms with Crippen LogP contribution < -0.4 is 5.56 Å².